The van der Waals surface area contributed by atoms with Gasteiger partial charge in [0.25, 0.3) is 0 Å². The molecule has 1 fully saturated rings. The van der Waals surface area contributed by atoms with Gasteiger partial charge in [-0.1, -0.05) is 37.6 Å². The molecule has 3 rings (SSSR count). The third-order valence-corrected chi connectivity index (χ3v) is 5.89. The number of nitriles is 1. The number of aryl methyl sites for hydroxylation is 2. The average Bonchev–Trinajstić information content (AvgIpc) is 2.67. The van der Waals surface area contributed by atoms with E-state index in [1.54, 1.807) is 6.07 Å². The van der Waals surface area contributed by atoms with Crippen LogP contribution in [0.5, 0.6) is 0 Å². The SMILES string of the molecule is CCCc1ccc(C2CCC(CCc3cc(F)c(C#N)c(F)c3)CC2)cc1. The number of hydrogen-bond donors (Lipinski definition) is 0. The van der Waals surface area contributed by atoms with Crippen molar-refractivity contribution in [2.75, 3.05) is 0 Å². The molecule has 0 saturated heterocycles. The monoisotopic (exact) mass is 367 g/mol. The van der Waals surface area contributed by atoms with Gasteiger partial charge in [-0.25, -0.2) is 8.78 Å². The summed E-state index contributed by atoms with van der Waals surface area (Å²) < 4.78 is 27.5. The highest BCUT2D eigenvalue weighted by molar-refractivity contribution is 5.35. The van der Waals surface area contributed by atoms with Crippen molar-refractivity contribution in [2.24, 2.45) is 5.92 Å². The summed E-state index contributed by atoms with van der Waals surface area (Å²) in [6, 6.07) is 13.3. The Morgan fingerprint density at radius 2 is 1.56 bits per heavy atom. The summed E-state index contributed by atoms with van der Waals surface area (Å²) in [4.78, 5) is 0. The Balaban J connectivity index is 1.50. The van der Waals surface area contributed by atoms with Crippen LogP contribution in [0.1, 0.15) is 73.6 Å². The quantitative estimate of drug-likeness (QED) is 0.557. The molecule has 0 heterocycles. The van der Waals surface area contributed by atoms with Crippen LogP contribution in [0.2, 0.25) is 0 Å². The molecule has 0 radical (unpaired) electrons. The number of rotatable bonds is 6. The van der Waals surface area contributed by atoms with E-state index in [0.29, 0.717) is 23.8 Å². The molecule has 0 spiro atoms. The summed E-state index contributed by atoms with van der Waals surface area (Å²) in [5.74, 6) is -0.241. The van der Waals surface area contributed by atoms with Crippen LogP contribution >= 0.6 is 0 Å². The number of hydrogen-bond acceptors (Lipinski definition) is 1. The Morgan fingerprint density at radius 3 is 2.11 bits per heavy atom. The summed E-state index contributed by atoms with van der Waals surface area (Å²) in [5, 5.41) is 8.75. The van der Waals surface area contributed by atoms with E-state index in [1.807, 2.05) is 0 Å². The molecule has 0 unspecified atom stereocenters. The maximum absolute atomic E-state index is 13.7. The first kappa shape index (κ1) is 19.5. The second-order valence-corrected chi connectivity index (χ2v) is 7.79. The summed E-state index contributed by atoms with van der Waals surface area (Å²) in [6.45, 7) is 2.20. The Hall–Kier alpha value is -2.21. The normalized spacial score (nSPS) is 19.6. The van der Waals surface area contributed by atoms with E-state index < -0.39 is 17.2 Å². The minimum absolute atomic E-state index is 0.482. The Morgan fingerprint density at radius 1 is 0.926 bits per heavy atom. The van der Waals surface area contributed by atoms with Crippen molar-refractivity contribution in [3.8, 4) is 6.07 Å². The van der Waals surface area contributed by atoms with Crippen molar-refractivity contribution in [3.05, 3.63) is 70.3 Å². The summed E-state index contributed by atoms with van der Waals surface area (Å²) in [6.07, 6.45) is 8.65. The highest BCUT2D eigenvalue weighted by Gasteiger charge is 2.22. The lowest BCUT2D eigenvalue weighted by molar-refractivity contribution is 0.310. The molecule has 2 aromatic rings. The van der Waals surface area contributed by atoms with Crippen molar-refractivity contribution in [2.45, 2.75) is 64.2 Å². The number of benzene rings is 2. The highest BCUT2D eigenvalue weighted by Crippen LogP contribution is 2.37. The summed E-state index contributed by atoms with van der Waals surface area (Å²) >= 11 is 0. The van der Waals surface area contributed by atoms with Crippen LogP contribution in [0, 0.1) is 28.9 Å². The molecule has 1 nitrogen and oxygen atoms in total. The van der Waals surface area contributed by atoms with E-state index in [-0.39, 0.29) is 0 Å². The zero-order chi connectivity index (χ0) is 19.2. The number of nitrogens with zero attached hydrogens (tertiary/aromatic N) is 1. The van der Waals surface area contributed by atoms with E-state index in [9.17, 15) is 8.78 Å². The van der Waals surface area contributed by atoms with Gasteiger partial charge in [0.2, 0.25) is 0 Å². The molecule has 0 aliphatic heterocycles. The van der Waals surface area contributed by atoms with Gasteiger partial charge >= 0.3 is 0 Å². The van der Waals surface area contributed by atoms with Crippen molar-refractivity contribution in [1.82, 2.24) is 0 Å². The predicted octanol–water partition coefficient (Wildman–Crippen LogP) is 6.70. The lowest BCUT2D eigenvalue weighted by Gasteiger charge is -2.29. The molecule has 0 amide bonds. The first-order valence-electron chi connectivity index (χ1n) is 10.1. The van der Waals surface area contributed by atoms with E-state index in [2.05, 4.69) is 31.2 Å². The Kier molecular flexibility index (Phi) is 6.61. The fraction of sp³-hybridized carbons (Fsp3) is 0.458. The molecule has 2 aromatic carbocycles. The van der Waals surface area contributed by atoms with Crippen LogP contribution in [-0.4, -0.2) is 0 Å². The molecule has 0 bridgehead atoms. The van der Waals surface area contributed by atoms with Gasteiger partial charge in [0, 0.05) is 0 Å². The third kappa shape index (κ3) is 4.95. The molecule has 0 N–H and O–H groups in total. The molecule has 1 aliphatic rings. The molecule has 0 atom stereocenters. The van der Waals surface area contributed by atoms with Gasteiger partial charge < -0.3 is 0 Å². The molecular weight excluding hydrogens is 340 g/mol. The van der Waals surface area contributed by atoms with E-state index in [1.165, 1.54) is 55.4 Å². The molecule has 27 heavy (non-hydrogen) atoms. The third-order valence-electron chi connectivity index (χ3n) is 5.89. The van der Waals surface area contributed by atoms with Gasteiger partial charge in [0.1, 0.15) is 23.3 Å². The summed E-state index contributed by atoms with van der Waals surface area (Å²) in [5.41, 5.74) is 3.03. The first-order valence-corrected chi connectivity index (χ1v) is 10.1. The lowest BCUT2D eigenvalue weighted by atomic mass is 9.77. The van der Waals surface area contributed by atoms with Crippen LogP contribution in [0.3, 0.4) is 0 Å². The predicted molar refractivity (Wildman–Crippen MR) is 105 cm³/mol. The Labute approximate surface area is 161 Å². The highest BCUT2D eigenvalue weighted by atomic mass is 19.1. The van der Waals surface area contributed by atoms with Crippen LogP contribution < -0.4 is 0 Å². The van der Waals surface area contributed by atoms with E-state index in [4.69, 9.17) is 5.26 Å². The zero-order valence-electron chi connectivity index (χ0n) is 16.0. The van der Waals surface area contributed by atoms with Gasteiger partial charge in [-0.15, -0.1) is 0 Å². The van der Waals surface area contributed by atoms with Crippen molar-refractivity contribution >= 4 is 0 Å². The van der Waals surface area contributed by atoms with Gasteiger partial charge in [-0.05, 0) is 85.6 Å². The fourth-order valence-corrected chi connectivity index (χ4v) is 4.28. The van der Waals surface area contributed by atoms with Crippen LogP contribution in [0.25, 0.3) is 0 Å². The number of halogens is 2. The van der Waals surface area contributed by atoms with Crippen LogP contribution in [-0.2, 0) is 12.8 Å². The molecular formula is C24H27F2N. The largest absolute Gasteiger partial charge is 0.205 e. The van der Waals surface area contributed by atoms with Crippen molar-refractivity contribution < 1.29 is 8.78 Å². The topological polar surface area (TPSA) is 23.8 Å². The molecule has 1 aliphatic carbocycles. The average molecular weight is 367 g/mol. The molecule has 3 heteroatoms. The van der Waals surface area contributed by atoms with Crippen LogP contribution in [0.4, 0.5) is 8.78 Å². The van der Waals surface area contributed by atoms with Crippen molar-refractivity contribution in [3.63, 3.8) is 0 Å². The maximum Gasteiger partial charge on any atom is 0.144 e. The van der Waals surface area contributed by atoms with E-state index >= 15 is 0 Å². The van der Waals surface area contributed by atoms with Gasteiger partial charge in [-0.3, -0.25) is 0 Å². The first-order chi connectivity index (χ1) is 13.1. The minimum atomic E-state index is -0.747. The molecule has 0 aromatic heterocycles. The van der Waals surface area contributed by atoms with Crippen LogP contribution in [0.15, 0.2) is 36.4 Å². The van der Waals surface area contributed by atoms with Gasteiger partial charge in [-0.2, -0.15) is 5.26 Å². The summed E-state index contributed by atoms with van der Waals surface area (Å²) in [7, 11) is 0. The lowest BCUT2D eigenvalue weighted by Crippen LogP contribution is -2.14. The van der Waals surface area contributed by atoms with E-state index in [0.717, 1.165) is 12.8 Å². The maximum atomic E-state index is 13.7. The Bertz CT molecular complexity index is 773. The van der Waals surface area contributed by atoms with Gasteiger partial charge in [0.05, 0.1) is 0 Å². The van der Waals surface area contributed by atoms with Crippen molar-refractivity contribution in [1.29, 1.82) is 5.26 Å². The molecule has 142 valence electrons. The van der Waals surface area contributed by atoms with Gasteiger partial charge in [0.15, 0.2) is 0 Å². The standard InChI is InChI=1S/C24H27F2N/c1-2-3-17-6-10-20(11-7-17)21-12-8-18(9-13-21)4-5-19-14-23(25)22(16-27)24(26)15-19/h6-7,10-11,14-15,18,21H,2-5,8-9,12-13H2,1H3. The second-order valence-electron chi connectivity index (χ2n) is 7.79. The zero-order valence-corrected chi connectivity index (χ0v) is 16.0. The molecule has 1 saturated carbocycles. The smallest absolute Gasteiger partial charge is 0.144 e. The minimum Gasteiger partial charge on any atom is -0.205 e. The second kappa shape index (κ2) is 9.13. The fourth-order valence-electron chi connectivity index (χ4n) is 4.28.